The van der Waals surface area contributed by atoms with E-state index in [1.807, 2.05) is 32.0 Å². The van der Waals surface area contributed by atoms with Crippen LogP contribution in [0.2, 0.25) is 5.02 Å². The molecule has 0 unspecified atom stereocenters. The van der Waals surface area contributed by atoms with Gasteiger partial charge in [0.15, 0.2) is 0 Å². The molecular weight excluding hydrogens is 242 g/mol. The summed E-state index contributed by atoms with van der Waals surface area (Å²) in [6, 6.07) is 7.34. The number of aliphatic hydroxyl groups is 1. The van der Waals surface area contributed by atoms with E-state index in [9.17, 15) is 5.11 Å². The van der Waals surface area contributed by atoms with Crippen LogP contribution in [-0.2, 0) is 0 Å². The lowest BCUT2D eigenvalue weighted by Gasteiger charge is -2.11. The van der Waals surface area contributed by atoms with Gasteiger partial charge in [-0.3, -0.25) is 0 Å². The van der Waals surface area contributed by atoms with Crippen LogP contribution in [0.4, 0.5) is 0 Å². The highest BCUT2D eigenvalue weighted by molar-refractivity contribution is 7.11. The third-order valence-electron chi connectivity index (χ3n) is 2.39. The Morgan fingerprint density at radius 3 is 2.56 bits per heavy atom. The van der Waals surface area contributed by atoms with Crippen molar-refractivity contribution >= 4 is 22.9 Å². The Balaban J connectivity index is 2.43. The van der Waals surface area contributed by atoms with E-state index in [4.69, 9.17) is 11.6 Å². The van der Waals surface area contributed by atoms with Crippen molar-refractivity contribution in [1.82, 2.24) is 4.98 Å². The minimum atomic E-state index is -0.681. The van der Waals surface area contributed by atoms with Crippen molar-refractivity contribution in [3.63, 3.8) is 0 Å². The van der Waals surface area contributed by atoms with Gasteiger partial charge in [-0.25, -0.2) is 4.98 Å². The summed E-state index contributed by atoms with van der Waals surface area (Å²) in [7, 11) is 0. The number of nitrogens with zero attached hydrogens (tertiary/aromatic N) is 1. The summed E-state index contributed by atoms with van der Waals surface area (Å²) in [5.41, 5.74) is 1.60. The van der Waals surface area contributed by atoms with Gasteiger partial charge >= 0.3 is 0 Å². The van der Waals surface area contributed by atoms with Gasteiger partial charge in [-0.1, -0.05) is 29.8 Å². The number of benzene rings is 1. The molecule has 0 saturated carbocycles. The first-order chi connectivity index (χ1) is 7.59. The van der Waals surface area contributed by atoms with Crippen LogP contribution >= 0.6 is 22.9 Å². The molecule has 4 heteroatoms. The fourth-order valence-corrected chi connectivity index (χ4v) is 2.81. The SMILES string of the molecule is Cc1nc(C)c([C@H](O)c2ccccc2Cl)s1. The normalized spacial score (nSPS) is 12.8. The van der Waals surface area contributed by atoms with Crippen LogP contribution in [0.1, 0.15) is 27.2 Å². The van der Waals surface area contributed by atoms with Crippen LogP contribution in [0.3, 0.4) is 0 Å². The predicted octanol–water partition coefficient (Wildman–Crippen LogP) is 3.50. The first-order valence-corrected chi connectivity index (χ1v) is 6.15. The number of thiazole rings is 1. The summed E-state index contributed by atoms with van der Waals surface area (Å²) in [5, 5.41) is 11.8. The lowest BCUT2D eigenvalue weighted by molar-refractivity contribution is 0.223. The van der Waals surface area contributed by atoms with Gasteiger partial charge < -0.3 is 5.11 Å². The molecule has 0 spiro atoms. The van der Waals surface area contributed by atoms with Gasteiger partial charge in [0.2, 0.25) is 0 Å². The Morgan fingerprint density at radius 1 is 1.31 bits per heavy atom. The number of aromatic nitrogens is 1. The van der Waals surface area contributed by atoms with E-state index in [2.05, 4.69) is 4.98 Å². The van der Waals surface area contributed by atoms with E-state index in [0.29, 0.717) is 5.02 Å². The molecule has 0 bridgehead atoms. The molecule has 1 atom stereocenters. The third-order valence-corrected chi connectivity index (χ3v) is 3.86. The molecule has 1 N–H and O–H groups in total. The first-order valence-electron chi connectivity index (χ1n) is 4.96. The largest absolute Gasteiger partial charge is 0.383 e. The second-order valence-electron chi connectivity index (χ2n) is 3.61. The van der Waals surface area contributed by atoms with Crippen molar-refractivity contribution < 1.29 is 5.11 Å². The molecule has 2 nitrogen and oxygen atoms in total. The number of halogens is 1. The van der Waals surface area contributed by atoms with E-state index in [1.54, 1.807) is 6.07 Å². The van der Waals surface area contributed by atoms with Gasteiger partial charge in [0, 0.05) is 10.6 Å². The average molecular weight is 254 g/mol. The Kier molecular flexibility index (Phi) is 3.28. The second kappa shape index (κ2) is 4.53. The van der Waals surface area contributed by atoms with Crippen molar-refractivity contribution in [2.45, 2.75) is 20.0 Å². The maximum Gasteiger partial charge on any atom is 0.116 e. The van der Waals surface area contributed by atoms with Gasteiger partial charge in [0.25, 0.3) is 0 Å². The average Bonchev–Trinajstić information content (AvgIpc) is 2.58. The third kappa shape index (κ3) is 2.12. The van der Waals surface area contributed by atoms with Crippen LogP contribution in [-0.4, -0.2) is 10.1 Å². The minimum absolute atomic E-state index is 0.584. The smallest absolute Gasteiger partial charge is 0.116 e. The van der Waals surface area contributed by atoms with E-state index >= 15 is 0 Å². The molecule has 0 aliphatic carbocycles. The molecule has 0 saturated heterocycles. The summed E-state index contributed by atoms with van der Waals surface area (Å²) in [5.74, 6) is 0. The van der Waals surface area contributed by atoms with Gasteiger partial charge in [-0.15, -0.1) is 11.3 Å². The quantitative estimate of drug-likeness (QED) is 0.889. The Labute approximate surface area is 104 Å². The van der Waals surface area contributed by atoms with E-state index in [-0.39, 0.29) is 0 Å². The zero-order chi connectivity index (χ0) is 11.7. The van der Waals surface area contributed by atoms with Crippen molar-refractivity contribution in [3.05, 3.63) is 50.4 Å². The van der Waals surface area contributed by atoms with E-state index < -0.39 is 6.10 Å². The molecule has 2 aromatic rings. The highest BCUT2D eigenvalue weighted by Crippen LogP contribution is 2.33. The lowest BCUT2D eigenvalue weighted by atomic mass is 10.1. The van der Waals surface area contributed by atoms with Crippen molar-refractivity contribution in [2.24, 2.45) is 0 Å². The molecule has 2 rings (SSSR count). The van der Waals surface area contributed by atoms with Gasteiger partial charge in [-0.05, 0) is 19.9 Å². The molecule has 1 aromatic carbocycles. The van der Waals surface area contributed by atoms with E-state index in [1.165, 1.54) is 11.3 Å². The van der Waals surface area contributed by atoms with Crippen LogP contribution in [0.15, 0.2) is 24.3 Å². The van der Waals surface area contributed by atoms with E-state index in [0.717, 1.165) is 21.1 Å². The summed E-state index contributed by atoms with van der Waals surface area (Å²) >= 11 is 7.56. The maximum absolute atomic E-state index is 10.3. The summed E-state index contributed by atoms with van der Waals surface area (Å²) in [6.45, 7) is 3.83. The van der Waals surface area contributed by atoms with Crippen LogP contribution in [0, 0.1) is 13.8 Å². The molecule has 1 aromatic heterocycles. The maximum atomic E-state index is 10.3. The molecule has 0 aliphatic heterocycles. The standard InChI is InChI=1S/C12H12ClNOS/c1-7-12(16-8(2)14-7)11(15)9-5-3-4-6-10(9)13/h3-6,11,15H,1-2H3/t11-/m1/s1. The number of hydrogen-bond donors (Lipinski definition) is 1. The minimum Gasteiger partial charge on any atom is -0.383 e. The number of aliphatic hydroxyl groups excluding tert-OH is 1. The molecule has 16 heavy (non-hydrogen) atoms. The first kappa shape index (κ1) is 11.6. The fourth-order valence-electron chi connectivity index (χ4n) is 1.64. The highest BCUT2D eigenvalue weighted by Gasteiger charge is 2.18. The van der Waals surface area contributed by atoms with Crippen LogP contribution < -0.4 is 0 Å². The second-order valence-corrected chi connectivity index (χ2v) is 5.25. The number of rotatable bonds is 2. The summed E-state index contributed by atoms with van der Waals surface area (Å²) in [6.07, 6.45) is -0.681. The van der Waals surface area contributed by atoms with Gasteiger partial charge in [0.1, 0.15) is 6.10 Å². The Hall–Kier alpha value is -0.900. The van der Waals surface area contributed by atoms with Crippen LogP contribution in [0.5, 0.6) is 0 Å². The lowest BCUT2D eigenvalue weighted by Crippen LogP contribution is -1.99. The molecule has 0 amide bonds. The van der Waals surface area contributed by atoms with Gasteiger partial charge in [-0.2, -0.15) is 0 Å². The topological polar surface area (TPSA) is 33.1 Å². The predicted molar refractivity (Wildman–Crippen MR) is 67.1 cm³/mol. The summed E-state index contributed by atoms with van der Waals surface area (Å²) in [4.78, 5) is 5.17. The van der Waals surface area contributed by atoms with Crippen LogP contribution in [0.25, 0.3) is 0 Å². The molecule has 1 heterocycles. The highest BCUT2D eigenvalue weighted by atomic mass is 35.5. The Morgan fingerprint density at radius 2 is 2.00 bits per heavy atom. The van der Waals surface area contributed by atoms with Crippen molar-refractivity contribution in [1.29, 1.82) is 0 Å². The number of hydrogen-bond acceptors (Lipinski definition) is 3. The molecule has 84 valence electrons. The fraction of sp³-hybridized carbons (Fsp3) is 0.250. The molecule has 0 fully saturated rings. The molecule has 0 aliphatic rings. The zero-order valence-corrected chi connectivity index (χ0v) is 10.6. The molecule has 0 radical (unpaired) electrons. The monoisotopic (exact) mass is 253 g/mol. The Bertz CT molecular complexity index is 509. The summed E-state index contributed by atoms with van der Waals surface area (Å²) < 4.78 is 0. The van der Waals surface area contributed by atoms with Crippen molar-refractivity contribution in [3.8, 4) is 0 Å². The van der Waals surface area contributed by atoms with Crippen molar-refractivity contribution in [2.75, 3.05) is 0 Å². The number of aryl methyl sites for hydroxylation is 2. The zero-order valence-electron chi connectivity index (χ0n) is 9.07. The van der Waals surface area contributed by atoms with Gasteiger partial charge in [0.05, 0.1) is 15.6 Å². The molecular formula is C12H12ClNOS.